The van der Waals surface area contributed by atoms with E-state index < -0.39 is 22.0 Å². The molecular formula is C21H21NO4S. The number of carbonyl (C=O) groups excluding carboxylic acids is 1. The van der Waals surface area contributed by atoms with Crippen molar-refractivity contribution in [3.05, 3.63) is 65.7 Å². The highest BCUT2D eigenvalue weighted by molar-refractivity contribution is 7.89. The molecule has 0 aromatic heterocycles. The van der Waals surface area contributed by atoms with Crippen LogP contribution >= 0.6 is 0 Å². The first-order chi connectivity index (χ1) is 13.0. The van der Waals surface area contributed by atoms with Crippen molar-refractivity contribution >= 4 is 16.0 Å². The lowest BCUT2D eigenvalue weighted by Crippen LogP contribution is -2.41. The van der Waals surface area contributed by atoms with Gasteiger partial charge in [-0.05, 0) is 44.0 Å². The lowest BCUT2D eigenvalue weighted by Gasteiger charge is -2.22. The zero-order valence-electron chi connectivity index (χ0n) is 15.1. The Labute approximate surface area is 160 Å². The van der Waals surface area contributed by atoms with E-state index in [-0.39, 0.29) is 11.5 Å². The van der Waals surface area contributed by atoms with Crippen LogP contribution in [-0.2, 0) is 19.6 Å². The van der Waals surface area contributed by atoms with Crippen LogP contribution in [0.3, 0.4) is 0 Å². The molecule has 0 radical (unpaired) electrons. The van der Waals surface area contributed by atoms with Crippen LogP contribution in [0, 0.1) is 18.8 Å². The average Bonchev–Trinajstić information content (AvgIpc) is 3.17. The highest BCUT2D eigenvalue weighted by atomic mass is 32.2. The van der Waals surface area contributed by atoms with E-state index in [2.05, 4.69) is 11.8 Å². The van der Waals surface area contributed by atoms with Crippen LogP contribution < -0.4 is 0 Å². The molecule has 0 amide bonds. The molecule has 6 heteroatoms. The van der Waals surface area contributed by atoms with Crippen molar-refractivity contribution in [3.8, 4) is 11.8 Å². The number of aryl methyl sites for hydroxylation is 1. The van der Waals surface area contributed by atoms with E-state index in [9.17, 15) is 13.2 Å². The summed E-state index contributed by atoms with van der Waals surface area (Å²) in [6.45, 7) is 2.14. The number of carbonyl (C=O) groups is 1. The van der Waals surface area contributed by atoms with E-state index in [0.29, 0.717) is 19.4 Å². The second-order valence-electron chi connectivity index (χ2n) is 6.36. The first-order valence-corrected chi connectivity index (χ1v) is 10.2. The normalized spacial score (nSPS) is 17.1. The fourth-order valence-corrected chi connectivity index (χ4v) is 4.62. The van der Waals surface area contributed by atoms with E-state index in [1.807, 2.05) is 37.3 Å². The third-order valence-corrected chi connectivity index (χ3v) is 6.32. The van der Waals surface area contributed by atoms with Gasteiger partial charge < -0.3 is 4.74 Å². The number of benzene rings is 2. The zero-order chi connectivity index (χ0) is 19.3. The maximum atomic E-state index is 12.9. The first kappa shape index (κ1) is 19.2. The monoisotopic (exact) mass is 383 g/mol. The summed E-state index contributed by atoms with van der Waals surface area (Å²) in [5.41, 5.74) is 1.81. The number of sulfonamides is 1. The molecule has 0 saturated carbocycles. The predicted octanol–water partition coefficient (Wildman–Crippen LogP) is 2.74. The Morgan fingerprint density at radius 2 is 1.85 bits per heavy atom. The highest BCUT2D eigenvalue weighted by Crippen LogP contribution is 2.27. The second kappa shape index (κ2) is 8.38. The van der Waals surface area contributed by atoms with Gasteiger partial charge in [0, 0.05) is 12.1 Å². The SMILES string of the molecule is Cc1ccc(S(=O)(=O)N2CCC[C@H]2C(=O)OCC#Cc2ccccc2)cc1. The summed E-state index contributed by atoms with van der Waals surface area (Å²) in [7, 11) is -3.73. The van der Waals surface area contributed by atoms with Crippen molar-refractivity contribution < 1.29 is 17.9 Å². The van der Waals surface area contributed by atoms with Crippen LogP contribution in [-0.4, -0.2) is 37.9 Å². The summed E-state index contributed by atoms with van der Waals surface area (Å²) in [6.07, 6.45) is 1.08. The lowest BCUT2D eigenvalue weighted by molar-refractivity contribution is -0.145. The summed E-state index contributed by atoms with van der Waals surface area (Å²) in [6, 6.07) is 15.2. The topological polar surface area (TPSA) is 63.7 Å². The summed E-state index contributed by atoms with van der Waals surface area (Å²) in [5, 5.41) is 0. The summed E-state index contributed by atoms with van der Waals surface area (Å²) >= 11 is 0. The molecule has 0 bridgehead atoms. The van der Waals surface area contributed by atoms with E-state index in [0.717, 1.165) is 11.1 Å². The van der Waals surface area contributed by atoms with Crippen LogP contribution in [0.1, 0.15) is 24.0 Å². The fourth-order valence-electron chi connectivity index (χ4n) is 2.97. The van der Waals surface area contributed by atoms with Gasteiger partial charge in [-0.3, -0.25) is 4.79 Å². The second-order valence-corrected chi connectivity index (χ2v) is 8.25. The molecule has 0 spiro atoms. The van der Waals surface area contributed by atoms with Crippen molar-refractivity contribution in [1.82, 2.24) is 4.31 Å². The molecule has 1 fully saturated rings. The van der Waals surface area contributed by atoms with Crippen molar-refractivity contribution in [1.29, 1.82) is 0 Å². The number of hydrogen-bond donors (Lipinski definition) is 0. The Balaban J connectivity index is 1.66. The number of rotatable bonds is 4. The van der Waals surface area contributed by atoms with E-state index in [1.165, 1.54) is 4.31 Å². The lowest BCUT2D eigenvalue weighted by atomic mass is 10.2. The van der Waals surface area contributed by atoms with Crippen molar-refractivity contribution in [2.75, 3.05) is 13.2 Å². The van der Waals surface area contributed by atoms with Crippen molar-refractivity contribution in [3.63, 3.8) is 0 Å². The van der Waals surface area contributed by atoms with Gasteiger partial charge in [-0.1, -0.05) is 47.7 Å². The molecule has 1 aliphatic heterocycles. The number of esters is 1. The third kappa shape index (κ3) is 4.57. The molecule has 1 heterocycles. The van der Waals surface area contributed by atoms with Gasteiger partial charge in [-0.2, -0.15) is 4.31 Å². The van der Waals surface area contributed by atoms with Gasteiger partial charge in [-0.15, -0.1) is 0 Å². The van der Waals surface area contributed by atoms with Crippen LogP contribution in [0.15, 0.2) is 59.5 Å². The average molecular weight is 383 g/mol. The van der Waals surface area contributed by atoms with E-state index in [1.54, 1.807) is 24.3 Å². The fraction of sp³-hybridized carbons (Fsp3) is 0.286. The minimum absolute atomic E-state index is 0.0668. The summed E-state index contributed by atoms with van der Waals surface area (Å²) in [4.78, 5) is 12.6. The molecule has 2 aromatic rings. The Morgan fingerprint density at radius 1 is 1.15 bits per heavy atom. The number of hydrogen-bond acceptors (Lipinski definition) is 4. The minimum Gasteiger partial charge on any atom is -0.451 e. The van der Waals surface area contributed by atoms with Gasteiger partial charge in [0.1, 0.15) is 6.04 Å². The molecule has 0 N–H and O–H groups in total. The Bertz CT molecular complexity index is 957. The summed E-state index contributed by atoms with van der Waals surface area (Å²) < 4.78 is 32.2. The maximum absolute atomic E-state index is 12.9. The molecule has 2 aromatic carbocycles. The third-order valence-electron chi connectivity index (χ3n) is 4.40. The Morgan fingerprint density at radius 3 is 2.56 bits per heavy atom. The van der Waals surface area contributed by atoms with Gasteiger partial charge >= 0.3 is 5.97 Å². The molecule has 5 nitrogen and oxygen atoms in total. The van der Waals surface area contributed by atoms with E-state index >= 15 is 0 Å². The number of ether oxygens (including phenoxy) is 1. The van der Waals surface area contributed by atoms with Crippen LogP contribution in [0.25, 0.3) is 0 Å². The quantitative estimate of drug-likeness (QED) is 0.602. The maximum Gasteiger partial charge on any atom is 0.325 e. The number of nitrogens with zero attached hydrogens (tertiary/aromatic N) is 1. The predicted molar refractivity (Wildman–Crippen MR) is 102 cm³/mol. The van der Waals surface area contributed by atoms with Gasteiger partial charge in [0.25, 0.3) is 0 Å². The highest BCUT2D eigenvalue weighted by Gasteiger charge is 2.40. The largest absolute Gasteiger partial charge is 0.451 e. The van der Waals surface area contributed by atoms with Gasteiger partial charge in [-0.25, -0.2) is 8.42 Å². The van der Waals surface area contributed by atoms with Gasteiger partial charge in [0.15, 0.2) is 6.61 Å². The van der Waals surface area contributed by atoms with E-state index in [4.69, 9.17) is 4.74 Å². The van der Waals surface area contributed by atoms with Crippen LogP contribution in [0.5, 0.6) is 0 Å². The molecule has 1 aliphatic rings. The smallest absolute Gasteiger partial charge is 0.325 e. The molecule has 27 heavy (non-hydrogen) atoms. The molecule has 3 rings (SSSR count). The molecule has 0 aliphatic carbocycles. The van der Waals surface area contributed by atoms with Crippen LogP contribution in [0.2, 0.25) is 0 Å². The minimum atomic E-state index is -3.73. The Kier molecular flexibility index (Phi) is 5.94. The summed E-state index contributed by atoms with van der Waals surface area (Å²) in [5.74, 6) is 5.14. The van der Waals surface area contributed by atoms with Crippen molar-refractivity contribution in [2.45, 2.75) is 30.7 Å². The molecule has 0 unspecified atom stereocenters. The standard InChI is InChI=1S/C21H21NO4S/c1-17-11-13-19(14-12-17)27(24,25)22-15-5-10-20(22)21(23)26-16-6-9-18-7-3-2-4-8-18/h2-4,7-8,11-14,20H,5,10,15-16H2,1H3/t20-/m0/s1. The molecule has 1 atom stereocenters. The first-order valence-electron chi connectivity index (χ1n) is 8.77. The van der Waals surface area contributed by atoms with Gasteiger partial charge in [0.05, 0.1) is 4.90 Å². The zero-order valence-corrected chi connectivity index (χ0v) is 15.9. The molecule has 1 saturated heterocycles. The van der Waals surface area contributed by atoms with Gasteiger partial charge in [0.2, 0.25) is 10.0 Å². The molecular weight excluding hydrogens is 362 g/mol. The van der Waals surface area contributed by atoms with Crippen LogP contribution in [0.4, 0.5) is 0 Å². The molecule has 140 valence electrons. The van der Waals surface area contributed by atoms with Crippen molar-refractivity contribution in [2.24, 2.45) is 0 Å². The Hall–Kier alpha value is -2.62.